The lowest BCUT2D eigenvalue weighted by Gasteiger charge is -2.33. The highest BCUT2D eigenvalue weighted by Crippen LogP contribution is 2.41. The van der Waals surface area contributed by atoms with Gasteiger partial charge in [-0.1, -0.05) is 62.4 Å². The summed E-state index contributed by atoms with van der Waals surface area (Å²) in [7, 11) is 0. The smallest absolute Gasteiger partial charge is 0.311 e. The van der Waals surface area contributed by atoms with E-state index >= 15 is 0 Å². The molecule has 2 unspecified atom stereocenters. The number of carbonyl (C=O) groups is 2. The van der Waals surface area contributed by atoms with Crippen LogP contribution in [-0.4, -0.2) is 22.2 Å². The maximum atomic E-state index is 12.2. The predicted molar refractivity (Wildman–Crippen MR) is 131 cm³/mol. The molecule has 4 heteroatoms. The summed E-state index contributed by atoms with van der Waals surface area (Å²) in [6.45, 7) is 7.55. The van der Waals surface area contributed by atoms with Crippen molar-refractivity contribution in [3.8, 4) is 23.7 Å². The molecule has 2 aromatic carbocycles. The summed E-state index contributed by atoms with van der Waals surface area (Å²) >= 11 is 0. The van der Waals surface area contributed by atoms with Gasteiger partial charge < -0.3 is 10.2 Å². The van der Waals surface area contributed by atoms with Crippen LogP contribution in [0.4, 0.5) is 0 Å². The topological polar surface area (TPSA) is 74.6 Å². The molecule has 0 bridgehead atoms. The molecule has 2 rings (SSSR count). The van der Waals surface area contributed by atoms with E-state index in [1.54, 1.807) is 13.8 Å². The number of rotatable bonds is 10. The third-order valence-electron chi connectivity index (χ3n) is 6.08. The van der Waals surface area contributed by atoms with E-state index in [9.17, 15) is 19.8 Å². The maximum absolute atomic E-state index is 12.2. The first-order valence-corrected chi connectivity index (χ1v) is 11.2. The van der Waals surface area contributed by atoms with Crippen molar-refractivity contribution in [2.75, 3.05) is 0 Å². The summed E-state index contributed by atoms with van der Waals surface area (Å²) in [6, 6.07) is 15.1. The SMILES string of the molecule is CC#CCCC(C(=O)O)c1ccccc1C(C)(C)c1ccccc1C(CCC#CC)C(=O)O. The molecule has 2 atom stereocenters. The molecular formula is C29H32O4. The molecule has 4 nitrogen and oxygen atoms in total. The lowest BCUT2D eigenvalue weighted by Crippen LogP contribution is -2.27. The highest BCUT2D eigenvalue weighted by atomic mass is 16.4. The Hall–Kier alpha value is -3.50. The van der Waals surface area contributed by atoms with Crippen molar-refractivity contribution in [2.24, 2.45) is 0 Å². The number of carboxylic acid groups (broad SMARTS) is 2. The number of carboxylic acids is 2. The van der Waals surface area contributed by atoms with Gasteiger partial charge in [0.2, 0.25) is 0 Å². The summed E-state index contributed by atoms with van der Waals surface area (Å²) < 4.78 is 0. The van der Waals surface area contributed by atoms with Crippen LogP contribution in [0.1, 0.15) is 87.5 Å². The zero-order valence-corrected chi connectivity index (χ0v) is 19.8. The maximum Gasteiger partial charge on any atom is 0.311 e. The third-order valence-corrected chi connectivity index (χ3v) is 6.08. The lowest BCUT2D eigenvalue weighted by atomic mass is 9.70. The second-order valence-electron chi connectivity index (χ2n) is 8.51. The van der Waals surface area contributed by atoms with Gasteiger partial charge >= 0.3 is 11.9 Å². The van der Waals surface area contributed by atoms with Gasteiger partial charge in [0.25, 0.3) is 0 Å². The standard InChI is InChI=1S/C29H32O4/c1-5-7-9-17-23(27(30)31)21-15-11-13-19-25(21)29(3,4)26-20-14-12-16-22(26)24(28(32)33)18-10-8-6-2/h11-16,19-20,23-24H,9-10,17-18H2,1-4H3,(H,30,31)(H,32,33). The summed E-state index contributed by atoms with van der Waals surface area (Å²) in [5, 5.41) is 20.0. The Morgan fingerprint density at radius 3 is 1.45 bits per heavy atom. The molecule has 0 aromatic heterocycles. The van der Waals surface area contributed by atoms with Gasteiger partial charge in [-0.2, -0.15) is 0 Å². The summed E-state index contributed by atoms with van der Waals surface area (Å²) in [4.78, 5) is 24.4. The first kappa shape index (κ1) is 25.8. The van der Waals surface area contributed by atoms with Gasteiger partial charge in [0.1, 0.15) is 0 Å². The van der Waals surface area contributed by atoms with E-state index in [1.807, 2.05) is 62.4 Å². The second-order valence-corrected chi connectivity index (χ2v) is 8.51. The van der Waals surface area contributed by atoms with Gasteiger partial charge in [0.15, 0.2) is 0 Å². The lowest BCUT2D eigenvalue weighted by molar-refractivity contribution is -0.139. The molecule has 0 saturated heterocycles. The third kappa shape index (κ3) is 6.27. The minimum Gasteiger partial charge on any atom is -0.481 e. The monoisotopic (exact) mass is 444 g/mol. The van der Waals surface area contributed by atoms with Gasteiger partial charge in [0.05, 0.1) is 11.8 Å². The van der Waals surface area contributed by atoms with Gasteiger partial charge in [-0.05, 0) is 48.9 Å². The van der Waals surface area contributed by atoms with Crippen molar-refractivity contribution in [3.05, 3.63) is 70.8 Å². The fraction of sp³-hybridized carbons (Fsp3) is 0.379. The Balaban J connectivity index is 2.61. The Morgan fingerprint density at radius 2 is 1.12 bits per heavy atom. The van der Waals surface area contributed by atoms with Crippen LogP contribution >= 0.6 is 0 Å². The Morgan fingerprint density at radius 1 is 0.758 bits per heavy atom. The molecule has 0 aliphatic carbocycles. The molecule has 0 saturated carbocycles. The van der Waals surface area contributed by atoms with Crippen LogP contribution in [0.25, 0.3) is 0 Å². The van der Waals surface area contributed by atoms with Crippen molar-refractivity contribution in [2.45, 2.75) is 70.6 Å². The molecule has 172 valence electrons. The van der Waals surface area contributed by atoms with Gasteiger partial charge in [-0.15, -0.1) is 23.7 Å². The van der Waals surface area contributed by atoms with E-state index in [4.69, 9.17) is 0 Å². The minimum atomic E-state index is -0.883. The highest BCUT2D eigenvalue weighted by molar-refractivity contribution is 5.78. The van der Waals surface area contributed by atoms with Crippen molar-refractivity contribution in [3.63, 3.8) is 0 Å². The van der Waals surface area contributed by atoms with Crippen LogP contribution in [0.15, 0.2) is 48.5 Å². The number of aliphatic carboxylic acids is 2. The van der Waals surface area contributed by atoms with Gasteiger partial charge in [-0.25, -0.2) is 0 Å². The number of benzene rings is 2. The predicted octanol–water partition coefficient (Wildman–Crippen LogP) is 5.96. The first-order chi connectivity index (χ1) is 15.8. The highest BCUT2D eigenvalue weighted by Gasteiger charge is 2.34. The molecule has 2 N–H and O–H groups in total. The van der Waals surface area contributed by atoms with Gasteiger partial charge in [-0.3, -0.25) is 9.59 Å². The molecule has 0 amide bonds. The molecule has 0 radical (unpaired) electrons. The van der Waals surface area contributed by atoms with E-state index in [0.717, 1.165) is 22.3 Å². The zero-order valence-electron chi connectivity index (χ0n) is 19.8. The summed E-state index contributed by atoms with van der Waals surface area (Å²) in [5.74, 6) is 8.43. The summed E-state index contributed by atoms with van der Waals surface area (Å²) in [6.07, 6.45) is 1.83. The van der Waals surface area contributed by atoms with Crippen LogP contribution in [0.2, 0.25) is 0 Å². The van der Waals surface area contributed by atoms with Crippen molar-refractivity contribution < 1.29 is 19.8 Å². The van der Waals surface area contributed by atoms with E-state index in [0.29, 0.717) is 25.7 Å². The van der Waals surface area contributed by atoms with Gasteiger partial charge in [0, 0.05) is 18.3 Å². The van der Waals surface area contributed by atoms with Crippen molar-refractivity contribution >= 4 is 11.9 Å². The number of hydrogen-bond acceptors (Lipinski definition) is 2. The van der Waals surface area contributed by atoms with E-state index in [2.05, 4.69) is 23.7 Å². The average Bonchev–Trinajstić information content (AvgIpc) is 2.79. The first-order valence-electron chi connectivity index (χ1n) is 11.2. The van der Waals surface area contributed by atoms with Crippen LogP contribution in [0, 0.1) is 23.7 Å². The molecule has 0 aliphatic heterocycles. The molecule has 0 fully saturated rings. The summed E-state index contributed by atoms with van der Waals surface area (Å²) in [5.41, 5.74) is 2.64. The van der Waals surface area contributed by atoms with Crippen LogP contribution in [0.3, 0.4) is 0 Å². The minimum absolute atomic E-state index is 0.415. The van der Waals surface area contributed by atoms with Crippen molar-refractivity contribution in [1.29, 1.82) is 0 Å². The fourth-order valence-corrected chi connectivity index (χ4v) is 4.39. The molecule has 33 heavy (non-hydrogen) atoms. The largest absolute Gasteiger partial charge is 0.481 e. The average molecular weight is 445 g/mol. The van der Waals surface area contributed by atoms with E-state index in [1.165, 1.54) is 0 Å². The molecule has 0 spiro atoms. The molecule has 2 aromatic rings. The second kappa shape index (κ2) is 11.9. The zero-order chi connectivity index (χ0) is 24.4. The normalized spacial score (nSPS) is 12.5. The molecule has 0 heterocycles. The van der Waals surface area contributed by atoms with E-state index in [-0.39, 0.29) is 0 Å². The quantitative estimate of drug-likeness (QED) is 0.444. The Bertz CT molecular complexity index is 1020. The van der Waals surface area contributed by atoms with Crippen LogP contribution in [0.5, 0.6) is 0 Å². The number of hydrogen-bond donors (Lipinski definition) is 2. The Labute approximate surface area is 197 Å². The van der Waals surface area contributed by atoms with Crippen LogP contribution < -0.4 is 0 Å². The fourth-order valence-electron chi connectivity index (χ4n) is 4.39. The molecular weight excluding hydrogens is 412 g/mol. The Kier molecular flexibility index (Phi) is 9.31. The molecule has 0 aliphatic rings. The van der Waals surface area contributed by atoms with Crippen LogP contribution in [-0.2, 0) is 15.0 Å². The van der Waals surface area contributed by atoms with E-state index < -0.39 is 29.2 Å². The van der Waals surface area contributed by atoms with Crippen molar-refractivity contribution in [1.82, 2.24) is 0 Å².